The Morgan fingerprint density at radius 3 is 2.00 bits per heavy atom. The van der Waals surface area contributed by atoms with E-state index >= 15 is 0 Å². The van der Waals surface area contributed by atoms with Crippen molar-refractivity contribution in [2.75, 3.05) is 18.0 Å². The highest BCUT2D eigenvalue weighted by molar-refractivity contribution is 6.10. The van der Waals surface area contributed by atoms with E-state index in [1.54, 1.807) is 0 Å². The molecular weight excluding hydrogens is 344 g/mol. The molecule has 1 aliphatic rings. The third-order valence-electron chi connectivity index (χ3n) is 5.75. The molecule has 1 aliphatic heterocycles. The number of hydrogen-bond acceptors (Lipinski definition) is 2. The van der Waals surface area contributed by atoms with E-state index in [-0.39, 0.29) is 5.91 Å². The topological polar surface area (TPSA) is 23.6 Å². The van der Waals surface area contributed by atoms with Crippen molar-refractivity contribution >= 4 is 11.6 Å². The van der Waals surface area contributed by atoms with Gasteiger partial charge in [0.25, 0.3) is 5.91 Å². The van der Waals surface area contributed by atoms with Crippen LogP contribution in [0.5, 0.6) is 0 Å². The lowest BCUT2D eigenvalue weighted by Crippen LogP contribution is -2.53. The van der Waals surface area contributed by atoms with E-state index in [4.69, 9.17) is 0 Å². The first kappa shape index (κ1) is 18.5. The number of carbonyl (C=O) groups is 1. The first-order valence-corrected chi connectivity index (χ1v) is 9.99. The lowest BCUT2D eigenvalue weighted by atomic mass is 9.82. The Kier molecular flexibility index (Phi) is 5.01. The van der Waals surface area contributed by atoms with Gasteiger partial charge >= 0.3 is 0 Å². The van der Waals surface area contributed by atoms with Crippen molar-refractivity contribution in [3.05, 3.63) is 102 Å². The molecule has 4 rings (SSSR count). The van der Waals surface area contributed by atoms with Gasteiger partial charge < -0.3 is 4.90 Å². The number of benzene rings is 3. The zero-order valence-corrected chi connectivity index (χ0v) is 16.5. The molecule has 1 amide bonds. The molecule has 0 radical (unpaired) electrons. The number of fused-ring (bicyclic) bond motifs is 1. The summed E-state index contributed by atoms with van der Waals surface area (Å²) in [5.41, 5.74) is 3.47. The van der Waals surface area contributed by atoms with Crippen LogP contribution >= 0.6 is 0 Å². The summed E-state index contributed by atoms with van der Waals surface area (Å²) in [6, 6.07) is 28.7. The SMILES string of the molecule is CCN(CC)[C@]1(c2ccccc2)C(=O)N(Cc2ccccc2)c2ccccc21. The first-order valence-electron chi connectivity index (χ1n) is 9.99. The summed E-state index contributed by atoms with van der Waals surface area (Å²) in [4.78, 5) is 18.4. The van der Waals surface area contributed by atoms with Gasteiger partial charge in [-0.3, -0.25) is 9.69 Å². The van der Waals surface area contributed by atoms with Crippen LogP contribution in [0.4, 0.5) is 5.69 Å². The van der Waals surface area contributed by atoms with Crippen LogP contribution in [0.25, 0.3) is 0 Å². The van der Waals surface area contributed by atoms with Gasteiger partial charge in [-0.15, -0.1) is 0 Å². The van der Waals surface area contributed by atoms with E-state index < -0.39 is 5.54 Å². The molecule has 0 unspecified atom stereocenters. The van der Waals surface area contributed by atoms with Crippen molar-refractivity contribution in [1.29, 1.82) is 0 Å². The van der Waals surface area contributed by atoms with Crippen LogP contribution < -0.4 is 4.90 Å². The highest BCUT2D eigenvalue weighted by Crippen LogP contribution is 2.48. The van der Waals surface area contributed by atoms with Crippen LogP contribution in [-0.2, 0) is 16.9 Å². The Labute approximate surface area is 167 Å². The highest BCUT2D eigenvalue weighted by atomic mass is 16.2. The van der Waals surface area contributed by atoms with Crippen molar-refractivity contribution < 1.29 is 4.79 Å². The standard InChI is InChI=1S/C25H26N2O/c1-3-26(4-2)25(21-15-9-6-10-16-21)22-17-11-12-18-23(22)27(24(25)28)19-20-13-7-5-8-14-20/h5-18H,3-4,19H2,1-2H3/t25-/m0/s1. The van der Waals surface area contributed by atoms with Crippen LogP contribution in [-0.4, -0.2) is 23.9 Å². The largest absolute Gasteiger partial charge is 0.305 e. The molecule has 1 atom stereocenters. The molecule has 0 bridgehead atoms. The maximum absolute atomic E-state index is 14.1. The summed E-state index contributed by atoms with van der Waals surface area (Å²) < 4.78 is 0. The minimum absolute atomic E-state index is 0.132. The monoisotopic (exact) mass is 370 g/mol. The number of amides is 1. The third kappa shape index (κ3) is 2.74. The zero-order valence-electron chi connectivity index (χ0n) is 16.5. The van der Waals surface area contributed by atoms with E-state index in [1.165, 1.54) is 0 Å². The predicted molar refractivity (Wildman–Crippen MR) is 114 cm³/mol. The lowest BCUT2D eigenvalue weighted by molar-refractivity contribution is -0.127. The van der Waals surface area contributed by atoms with Gasteiger partial charge in [0, 0.05) is 5.56 Å². The van der Waals surface area contributed by atoms with Crippen LogP contribution in [0.15, 0.2) is 84.9 Å². The van der Waals surface area contributed by atoms with Crippen molar-refractivity contribution in [2.45, 2.75) is 25.9 Å². The molecule has 3 nitrogen and oxygen atoms in total. The van der Waals surface area contributed by atoms with Crippen LogP contribution in [0.2, 0.25) is 0 Å². The van der Waals surface area contributed by atoms with Crippen molar-refractivity contribution in [3.8, 4) is 0 Å². The second-order valence-corrected chi connectivity index (χ2v) is 7.14. The molecule has 0 aromatic heterocycles. The van der Waals surface area contributed by atoms with Crippen LogP contribution in [0.1, 0.15) is 30.5 Å². The minimum atomic E-state index is -0.782. The van der Waals surface area contributed by atoms with Gasteiger partial charge in [0.05, 0.1) is 12.2 Å². The number of hydrogen-bond donors (Lipinski definition) is 0. The van der Waals surface area contributed by atoms with E-state index in [9.17, 15) is 4.79 Å². The normalized spacial score (nSPS) is 18.5. The average Bonchev–Trinajstić information content (AvgIpc) is 3.00. The smallest absolute Gasteiger partial charge is 0.257 e. The number of likely N-dealkylation sites (N-methyl/N-ethyl adjacent to an activating group) is 1. The van der Waals surface area contributed by atoms with Crippen LogP contribution in [0, 0.1) is 0 Å². The average molecular weight is 370 g/mol. The van der Waals surface area contributed by atoms with E-state index in [0.717, 1.165) is 35.5 Å². The molecule has 0 fully saturated rings. The fourth-order valence-electron chi connectivity index (χ4n) is 4.50. The Morgan fingerprint density at radius 1 is 0.786 bits per heavy atom. The quantitative estimate of drug-likeness (QED) is 0.621. The molecule has 0 spiro atoms. The van der Waals surface area contributed by atoms with Gasteiger partial charge in [-0.2, -0.15) is 0 Å². The number of nitrogens with zero attached hydrogens (tertiary/aromatic N) is 2. The number of rotatable bonds is 6. The number of carbonyl (C=O) groups excluding carboxylic acids is 1. The summed E-state index contributed by atoms with van der Waals surface area (Å²) in [6.07, 6.45) is 0. The molecule has 3 aromatic carbocycles. The van der Waals surface area contributed by atoms with Crippen molar-refractivity contribution in [2.24, 2.45) is 0 Å². The van der Waals surface area contributed by atoms with Gasteiger partial charge in [0.2, 0.25) is 0 Å². The van der Waals surface area contributed by atoms with Gasteiger partial charge in [-0.25, -0.2) is 0 Å². The molecule has 3 heteroatoms. The maximum Gasteiger partial charge on any atom is 0.257 e. The molecule has 142 valence electrons. The van der Waals surface area contributed by atoms with Gasteiger partial charge in [-0.05, 0) is 30.3 Å². The van der Waals surface area contributed by atoms with E-state index in [1.807, 2.05) is 53.4 Å². The number of anilines is 1. The fourth-order valence-corrected chi connectivity index (χ4v) is 4.50. The minimum Gasteiger partial charge on any atom is -0.305 e. The van der Waals surface area contributed by atoms with Crippen LogP contribution in [0.3, 0.4) is 0 Å². The Hall–Kier alpha value is -2.91. The Bertz CT molecular complexity index is 951. The zero-order chi connectivity index (χ0) is 19.6. The predicted octanol–water partition coefficient (Wildman–Crippen LogP) is 4.82. The van der Waals surface area contributed by atoms with E-state index in [0.29, 0.717) is 6.54 Å². The third-order valence-corrected chi connectivity index (χ3v) is 5.75. The van der Waals surface area contributed by atoms with Gasteiger partial charge in [-0.1, -0.05) is 92.7 Å². The molecule has 0 saturated heterocycles. The van der Waals surface area contributed by atoms with Gasteiger partial charge in [0.15, 0.2) is 5.54 Å². The summed E-state index contributed by atoms with van der Waals surface area (Å²) >= 11 is 0. The highest BCUT2D eigenvalue weighted by Gasteiger charge is 2.54. The summed E-state index contributed by atoms with van der Waals surface area (Å²) in [5.74, 6) is 0.132. The first-order chi connectivity index (χ1) is 13.7. The lowest BCUT2D eigenvalue weighted by Gasteiger charge is -2.39. The molecule has 0 saturated carbocycles. The van der Waals surface area contributed by atoms with Crippen molar-refractivity contribution in [1.82, 2.24) is 4.90 Å². The summed E-state index contributed by atoms with van der Waals surface area (Å²) in [6.45, 7) is 6.43. The molecule has 1 heterocycles. The summed E-state index contributed by atoms with van der Waals surface area (Å²) in [7, 11) is 0. The second kappa shape index (κ2) is 7.61. The molecule has 3 aromatic rings. The molecular formula is C25H26N2O. The molecule has 0 N–H and O–H groups in total. The van der Waals surface area contributed by atoms with Crippen molar-refractivity contribution in [3.63, 3.8) is 0 Å². The maximum atomic E-state index is 14.1. The second-order valence-electron chi connectivity index (χ2n) is 7.14. The number of para-hydroxylation sites is 1. The fraction of sp³-hybridized carbons (Fsp3) is 0.240. The molecule has 28 heavy (non-hydrogen) atoms. The van der Waals surface area contributed by atoms with Gasteiger partial charge in [0.1, 0.15) is 0 Å². The summed E-state index contributed by atoms with van der Waals surface area (Å²) in [5, 5.41) is 0. The Morgan fingerprint density at radius 2 is 1.36 bits per heavy atom. The Balaban J connectivity index is 1.93. The molecule has 0 aliphatic carbocycles. The van der Waals surface area contributed by atoms with E-state index in [2.05, 4.69) is 55.1 Å².